The lowest BCUT2D eigenvalue weighted by Crippen LogP contribution is -2.35. The van der Waals surface area contributed by atoms with Gasteiger partial charge in [-0.2, -0.15) is 0 Å². The van der Waals surface area contributed by atoms with Crippen LogP contribution in [0.5, 0.6) is 0 Å². The van der Waals surface area contributed by atoms with E-state index in [1.165, 1.54) is 0 Å². The minimum atomic E-state index is 0.00239. The fourth-order valence-corrected chi connectivity index (χ4v) is 2.59. The first-order valence-electron chi connectivity index (χ1n) is 5.60. The second-order valence-electron chi connectivity index (χ2n) is 4.07. The van der Waals surface area contributed by atoms with Crippen molar-refractivity contribution in [2.24, 2.45) is 0 Å². The number of carbonyl (C=O) groups excluding carboxylic acids is 1. The Hall–Kier alpha value is -0.930. The summed E-state index contributed by atoms with van der Waals surface area (Å²) in [5.74, 6) is 0. The summed E-state index contributed by atoms with van der Waals surface area (Å²) in [6, 6.07) is 5.65. The van der Waals surface area contributed by atoms with E-state index < -0.39 is 0 Å². The van der Waals surface area contributed by atoms with Crippen LogP contribution in [-0.2, 0) is 6.42 Å². The predicted octanol–water partition coefficient (Wildman–Crippen LogP) is 2.95. The van der Waals surface area contributed by atoms with E-state index in [1.54, 1.807) is 6.07 Å². The monoisotopic (exact) mass is 272 g/mol. The Bertz CT molecular complexity index is 437. The van der Waals surface area contributed by atoms with Gasteiger partial charge in [0, 0.05) is 23.1 Å². The molecule has 5 heteroatoms. The topological polar surface area (TPSA) is 32.3 Å². The molecule has 0 saturated carbocycles. The average molecular weight is 273 g/mol. The number of hydrogen-bond donors (Lipinski definition) is 1. The number of urea groups is 1. The fraction of sp³-hybridized carbons (Fsp3) is 0.417. The van der Waals surface area contributed by atoms with Gasteiger partial charge in [0.05, 0.1) is 6.04 Å². The number of nitrogens with zero attached hydrogens (tertiary/aromatic N) is 1. The maximum Gasteiger partial charge on any atom is 0.317 e. The highest BCUT2D eigenvalue weighted by Crippen LogP contribution is 2.24. The third-order valence-electron chi connectivity index (χ3n) is 3.00. The average Bonchev–Trinajstić information content (AvgIpc) is 2.63. The van der Waals surface area contributed by atoms with Crippen LogP contribution in [0.4, 0.5) is 4.79 Å². The van der Waals surface area contributed by atoms with E-state index >= 15 is 0 Å². The summed E-state index contributed by atoms with van der Waals surface area (Å²) in [6.45, 7) is 3.36. The highest BCUT2D eigenvalue weighted by molar-refractivity contribution is 6.35. The van der Waals surface area contributed by atoms with Crippen LogP contribution in [0.15, 0.2) is 18.2 Å². The molecule has 2 amide bonds. The number of hydrogen-bond acceptors (Lipinski definition) is 1. The second kappa shape index (κ2) is 5.15. The molecule has 0 radical (unpaired) electrons. The number of amides is 2. The van der Waals surface area contributed by atoms with Gasteiger partial charge in [-0.15, -0.1) is 0 Å². The maximum atomic E-state index is 11.5. The number of rotatable bonds is 3. The summed E-state index contributed by atoms with van der Waals surface area (Å²) in [6.07, 6.45) is 0.753. The van der Waals surface area contributed by atoms with Gasteiger partial charge in [-0.05, 0) is 31.0 Å². The lowest BCUT2D eigenvalue weighted by atomic mass is 10.1. The van der Waals surface area contributed by atoms with Gasteiger partial charge in [0.1, 0.15) is 0 Å². The van der Waals surface area contributed by atoms with E-state index in [0.717, 1.165) is 12.0 Å². The molecule has 17 heavy (non-hydrogen) atoms. The first-order valence-corrected chi connectivity index (χ1v) is 6.35. The van der Waals surface area contributed by atoms with Gasteiger partial charge in [0.2, 0.25) is 0 Å². The molecule has 1 atom stereocenters. The van der Waals surface area contributed by atoms with Crippen LogP contribution in [0.1, 0.15) is 12.5 Å². The minimum Gasteiger partial charge on any atom is -0.336 e. The summed E-state index contributed by atoms with van der Waals surface area (Å²) in [5, 5.41) is 4.13. The fourth-order valence-electron chi connectivity index (χ4n) is 2.11. The summed E-state index contributed by atoms with van der Waals surface area (Å²) >= 11 is 12.0. The summed E-state index contributed by atoms with van der Waals surface area (Å²) < 4.78 is 0. The molecule has 1 unspecified atom stereocenters. The molecule has 1 heterocycles. The molecule has 3 nitrogen and oxygen atoms in total. The molecule has 1 saturated heterocycles. The molecule has 1 aliphatic rings. The normalized spacial score (nSPS) is 19.6. The highest BCUT2D eigenvalue weighted by Gasteiger charge is 2.29. The van der Waals surface area contributed by atoms with Gasteiger partial charge in [-0.25, -0.2) is 4.79 Å². The first kappa shape index (κ1) is 12.5. The van der Waals surface area contributed by atoms with Crippen molar-refractivity contribution in [1.29, 1.82) is 0 Å². The molecule has 0 aromatic heterocycles. The summed E-state index contributed by atoms with van der Waals surface area (Å²) in [7, 11) is 0. The molecule has 2 rings (SSSR count). The molecular weight excluding hydrogens is 259 g/mol. The number of halogens is 2. The standard InChI is InChI=1S/C12H14Cl2N2O/c1-2-16-10(7-15-12(16)17)5-8-3-4-9(13)6-11(8)14/h3-4,6,10H,2,5,7H2,1H3,(H,15,17). The van der Waals surface area contributed by atoms with Crippen LogP contribution >= 0.6 is 23.2 Å². The minimum absolute atomic E-state index is 0.00239. The summed E-state index contributed by atoms with van der Waals surface area (Å²) in [4.78, 5) is 13.3. The van der Waals surface area contributed by atoms with E-state index in [1.807, 2.05) is 24.0 Å². The van der Waals surface area contributed by atoms with Crippen LogP contribution in [0.2, 0.25) is 10.0 Å². The molecule has 1 N–H and O–H groups in total. The van der Waals surface area contributed by atoms with Crippen molar-refractivity contribution in [3.63, 3.8) is 0 Å². The van der Waals surface area contributed by atoms with E-state index in [-0.39, 0.29) is 12.1 Å². The molecule has 0 spiro atoms. The predicted molar refractivity (Wildman–Crippen MR) is 69.7 cm³/mol. The van der Waals surface area contributed by atoms with Crippen molar-refractivity contribution in [3.05, 3.63) is 33.8 Å². The van der Waals surface area contributed by atoms with Crippen LogP contribution in [0.3, 0.4) is 0 Å². The van der Waals surface area contributed by atoms with Gasteiger partial charge >= 0.3 is 6.03 Å². The van der Waals surface area contributed by atoms with Gasteiger partial charge in [-0.1, -0.05) is 29.3 Å². The van der Waals surface area contributed by atoms with Crippen molar-refractivity contribution in [2.75, 3.05) is 13.1 Å². The smallest absolute Gasteiger partial charge is 0.317 e. The van der Waals surface area contributed by atoms with Crippen LogP contribution in [-0.4, -0.2) is 30.1 Å². The number of nitrogens with one attached hydrogen (secondary N) is 1. The van der Waals surface area contributed by atoms with Crippen LogP contribution in [0.25, 0.3) is 0 Å². The molecule has 0 bridgehead atoms. The Labute approximate surface area is 111 Å². The molecule has 1 aromatic carbocycles. The zero-order valence-electron chi connectivity index (χ0n) is 9.54. The molecule has 92 valence electrons. The Morgan fingerprint density at radius 2 is 2.24 bits per heavy atom. The van der Waals surface area contributed by atoms with Crippen molar-refractivity contribution < 1.29 is 4.79 Å². The zero-order valence-corrected chi connectivity index (χ0v) is 11.1. The van der Waals surface area contributed by atoms with E-state index in [9.17, 15) is 4.79 Å². The molecule has 1 aliphatic heterocycles. The third kappa shape index (κ3) is 2.67. The Morgan fingerprint density at radius 1 is 1.47 bits per heavy atom. The Morgan fingerprint density at radius 3 is 2.88 bits per heavy atom. The largest absolute Gasteiger partial charge is 0.336 e. The van der Waals surface area contributed by atoms with Gasteiger partial charge in [0.15, 0.2) is 0 Å². The van der Waals surface area contributed by atoms with Gasteiger partial charge < -0.3 is 10.2 Å². The molecular formula is C12H14Cl2N2O. The quantitative estimate of drug-likeness (QED) is 0.902. The molecule has 1 fully saturated rings. The summed E-state index contributed by atoms with van der Waals surface area (Å²) in [5.41, 5.74) is 1.02. The van der Waals surface area contributed by atoms with E-state index in [0.29, 0.717) is 23.1 Å². The molecule has 1 aromatic rings. The second-order valence-corrected chi connectivity index (χ2v) is 4.91. The van der Waals surface area contributed by atoms with E-state index in [4.69, 9.17) is 23.2 Å². The van der Waals surface area contributed by atoms with E-state index in [2.05, 4.69) is 5.32 Å². The molecule has 0 aliphatic carbocycles. The van der Waals surface area contributed by atoms with Crippen molar-refractivity contribution in [1.82, 2.24) is 10.2 Å². The maximum absolute atomic E-state index is 11.5. The SMILES string of the molecule is CCN1C(=O)NCC1Cc1ccc(Cl)cc1Cl. The van der Waals surface area contributed by atoms with Crippen LogP contribution in [0, 0.1) is 0 Å². The number of likely N-dealkylation sites (N-methyl/N-ethyl adjacent to an activating group) is 1. The Kier molecular flexibility index (Phi) is 3.79. The zero-order chi connectivity index (χ0) is 12.4. The number of benzene rings is 1. The van der Waals surface area contributed by atoms with Gasteiger partial charge in [0.25, 0.3) is 0 Å². The lowest BCUT2D eigenvalue weighted by Gasteiger charge is -2.21. The van der Waals surface area contributed by atoms with Crippen molar-refractivity contribution >= 4 is 29.2 Å². The van der Waals surface area contributed by atoms with Crippen LogP contribution < -0.4 is 5.32 Å². The third-order valence-corrected chi connectivity index (χ3v) is 3.59. The Balaban J connectivity index is 2.13. The van der Waals surface area contributed by atoms with Gasteiger partial charge in [-0.3, -0.25) is 0 Å². The highest BCUT2D eigenvalue weighted by atomic mass is 35.5. The lowest BCUT2D eigenvalue weighted by molar-refractivity contribution is 0.207. The van der Waals surface area contributed by atoms with Crippen molar-refractivity contribution in [2.45, 2.75) is 19.4 Å². The first-order chi connectivity index (χ1) is 8.11. The van der Waals surface area contributed by atoms with Crippen molar-refractivity contribution in [3.8, 4) is 0 Å². The number of carbonyl (C=O) groups is 1.